The van der Waals surface area contributed by atoms with Crippen molar-refractivity contribution in [1.82, 2.24) is 9.80 Å². The summed E-state index contributed by atoms with van der Waals surface area (Å²) in [6.07, 6.45) is 0.927. The largest absolute Gasteiger partial charge is 0.495 e. The Kier molecular flexibility index (Phi) is 5.48. The van der Waals surface area contributed by atoms with Crippen LogP contribution in [0.3, 0.4) is 0 Å². The summed E-state index contributed by atoms with van der Waals surface area (Å²) in [4.78, 5) is 19.1. The first-order valence-electron chi connectivity index (χ1n) is 9.84. The fraction of sp³-hybridized carbons (Fsp3) is 0.409. The molecule has 0 aromatic heterocycles. The van der Waals surface area contributed by atoms with Crippen molar-refractivity contribution in [3.63, 3.8) is 0 Å². The molecule has 0 unspecified atom stereocenters. The van der Waals surface area contributed by atoms with Crippen LogP contribution in [0.15, 0.2) is 42.5 Å². The van der Waals surface area contributed by atoms with E-state index >= 15 is 0 Å². The van der Waals surface area contributed by atoms with E-state index in [1.807, 2.05) is 23.1 Å². The minimum atomic E-state index is -0.277. The minimum Gasteiger partial charge on any atom is -0.495 e. The molecule has 6 heteroatoms. The summed E-state index contributed by atoms with van der Waals surface area (Å²) in [5.41, 5.74) is 2.60. The molecule has 2 heterocycles. The van der Waals surface area contributed by atoms with Crippen LogP contribution in [0.4, 0.5) is 10.1 Å². The topological polar surface area (TPSA) is 36.0 Å². The second-order valence-electron chi connectivity index (χ2n) is 7.38. The van der Waals surface area contributed by atoms with E-state index in [-0.39, 0.29) is 11.7 Å². The molecule has 0 spiro atoms. The third-order valence-corrected chi connectivity index (χ3v) is 5.65. The fourth-order valence-corrected chi connectivity index (χ4v) is 4.12. The Hall–Kier alpha value is -2.60. The van der Waals surface area contributed by atoms with Gasteiger partial charge in [-0.3, -0.25) is 9.69 Å². The maximum atomic E-state index is 13.4. The van der Waals surface area contributed by atoms with Gasteiger partial charge in [0.15, 0.2) is 0 Å². The van der Waals surface area contributed by atoms with E-state index < -0.39 is 0 Å². The van der Waals surface area contributed by atoms with Crippen molar-refractivity contribution in [3.8, 4) is 5.75 Å². The van der Waals surface area contributed by atoms with Gasteiger partial charge >= 0.3 is 0 Å². The molecule has 2 aromatic rings. The zero-order valence-corrected chi connectivity index (χ0v) is 16.2. The van der Waals surface area contributed by atoms with Crippen LogP contribution < -0.4 is 9.64 Å². The first-order chi connectivity index (χ1) is 13.7. The zero-order chi connectivity index (χ0) is 19.5. The van der Waals surface area contributed by atoms with E-state index in [0.29, 0.717) is 18.7 Å². The number of para-hydroxylation sites is 2. The van der Waals surface area contributed by atoms with Gasteiger partial charge < -0.3 is 14.5 Å². The van der Waals surface area contributed by atoms with Crippen molar-refractivity contribution < 1.29 is 13.9 Å². The monoisotopic (exact) mass is 383 g/mol. The number of rotatable bonds is 6. The molecular formula is C22H26FN3O2. The van der Waals surface area contributed by atoms with Crippen molar-refractivity contribution in [1.29, 1.82) is 0 Å². The Bertz CT molecular complexity index is 849. The van der Waals surface area contributed by atoms with Gasteiger partial charge in [0.2, 0.25) is 0 Å². The van der Waals surface area contributed by atoms with E-state index in [1.165, 1.54) is 12.1 Å². The lowest BCUT2D eigenvalue weighted by Gasteiger charge is -2.36. The van der Waals surface area contributed by atoms with Gasteiger partial charge in [-0.25, -0.2) is 4.39 Å². The van der Waals surface area contributed by atoms with Gasteiger partial charge in [-0.05, 0) is 48.9 Å². The number of anilines is 1. The standard InChI is InChI=1S/C22H26FN3O2/c1-28-21-6-3-2-5-20(21)25-13-11-24(12-14-25)9-4-10-26-16-17-15-18(23)7-8-19(17)22(26)27/h2-3,5-8,15H,4,9-14,16H2,1H3. The van der Waals surface area contributed by atoms with E-state index in [0.717, 1.165) is 56.1 Å². The van der Waals surface area contributed by atoms with E-state index in [9.17, 15) is 9.18 Å². The van der Waals surface area contributed by atoms with Gasteiger partial charge in [0, 0.05) is 44.8 Å². The molecule has 5 nitrogen and oxygen atoms in total. The van der Waals surface area contributed by atoms with E-state index in [2.05, 4.69) is 15.9 Å². The number of carbonyl (C=O) groups excluding carboxylic acids is 1. The molecule has 4 rings (SSSR count). The molecule has 148 valence electrons. The molecule has 1 saturated heterocycles. The molecule has 0 atom stereocenters. The number of hydrogen-bond donors (Lipinski definition) is 0. The first kappa shape index (κ1) is 18.7. The maximum absolute atomic E-state index is 13.4. The molecular weight excluding hydrogens is 357 g/mol. The van der Waals surface area contributed by atoms with Crippen LogP contribution in [0.2, 0.25) is 0 Å². The third-order valence-electron chi connectivity index (χ3n) is 5.65. The summed E-state index contributed by atoms with van der Waals surface area (Å²) >= 11 is 0. The van der Waals surface area contributed by atoms with Crippen molar-refractivity contribution >= 4 is 11.6 Å². The highest BCUT2D eigenvalue weighted by atomic mass is 19.1. The molecule has 0 N–H and O–H groups in total. The number of carbonyl (C=O) groups is 1. The number of fused-ring (bicyclic) bond motifs is 1. The predicted octanol–water partition coefficient (Wildman–Crippen LogP) is 3.00. The Morgan fingerprint density at radius 3 is 2.61 bits per heavy atom. The zero-order valence-electron chi connectivity index (χ0n) is 16.2. The first-order valence-corrected chi connectivity index (χ1v) is 9.84. The lowest BCUT2D eigenvalue weighted by Crippen LogP contribution is -2.47. The normalized spacial score (nSPS) is 17.1. The highest BCUT2D eigenvalue weighted by molar-refractivity contribution is 5.98. The maximum Gasteiger partial charge on any atom is 0.254 e. The van der Waals surface area contributed by atoms with E-state index in [4.69, 9.17) is 4.74 Å². The number of nitrogens with zero attached hydrogens (tertiary/aromatic N) is 3. The van der Waals surface area contributed by atoms with Crippen molar-refractivity contribution in [3.05, 3.63) is 59.4 Å². The lowest BCUT2D eigenvalue weighted by atomic mass is 10.1. The average molecular weight is 383 g/mol. The van der Waals surface area contributed by atoms with Crippen LogP contribution in [0.1, 0.15) is 22.3 Å². The SMILES string of the molecule is COc1ccccc1N1CCN(CCCN2Cc3cc(F)ccc3C2=O)CC1. The lowest BCUT2D eigenvalue weighted by molar-refractivity contribution is 0.0770. The molecule has 1 amide bonds. The Morgan fingerprint density at radius 2 is 1.82 bits per heavy atom. The highest BCUT2D eigenvalue weighted by Crippen LogP contribution is 2.28. The fourth-order valence-electron chi connectivity index (χ4n) is 4.12. The van der Waals surface area contributed by atoms with Crippen LogP contribution in [-0.2, 0) is 6.54 Å². The predicted molar refractivity (Wildman–Crippen MR) is 107 cm³/mol. The van der Waals surface area contributed by atoms with Crippen LogP contribution in [0.25, 0.3) is 0 Å². The Labute approximate surface area is 165 Å². The summed E-state index contributed by atoms with van der Waals surface area (Å²) in [5, 5.41) is 0. The van der Waals surface area contributed by atoms with Crippen LogP contribution >= 0.6 is 0 Å². The van der Waals surface area contributed by atoms with Gasteiger partial charge in [0.05, 0.1) is 12.8 Å². The number of halogens is 1. The Balaban J connectivity index is 1.24. The van der Waals surface area contributed by atoms with Gasteiger partial charge in [-0.2, -0.15) is 0 Å². The van der Waals surface area contributed by atoms with Crippen LogP contribution in [0.5, 0.6) is 5.75 Å². The second kappa shape index (κ2) is 8.19. The smallest absolute Gasteiger partial charge is 0.254 e. The number of hydrogen-bond acceptors (Lipinski definition) is 4. The number of methoxy groups -OCH3 is 1. The number of amides is 1. The molecule has 0 radical (unpaired) electrons. The summed E-state index contributed by atoms with van der Waals surface area (Å²) in [6.45, 7) is 6.12. The molecule has 28 heavy (non-hydrogen) atoms. The average Bonchev–Trinajstić information content (AvgIpc) is 3.03. The number of ether oxygens (including phenoxy) is 1. The second-order valence-corrected chi connectivity index (χ2v) is 7.38. The highest BCUT2D eigenvalue weighted by Gasteiger charge is 2.27. The third kappa shape index (κ3) is 3.83. The van der Waals surface area contributed by atoms with E-state index in [1.54, 1.807) is 13.2 Å². The van der Waals surface area contributed by atoms with Crippen LogP contribution in [-0.4, -0.2) is 62.1 Å². The Morgan fingerprint density at radius 1 is 1.04 bits per heavy atom. The molecule has 0 aliphatic carbocycles. The van der Waals surface area contributed by atoms with Gasteiger partial charge in [-0.1, -0.05) is 12.1 Å². The minimum absolute atomic E-state index is 0.0241. The summed E-state index contributed by atoms with van der Waals surface area (Å²) in [5.74, 6) is 0.664. The van der Waals surface area contributed by atoms with Crippen molar-refractivity contribution in [2.24, 2.45) is 0 Å². The molecule has 0 saturated carbocycles. The van der Waals surface area contributed by atoms with Gasteiger partial charge in [0.1, 0.15) is 11.6 Å². The molecule has 1 fully saturated rings. The van der Waals surface area contributed by atoms with Crippen molar-refractivity contribution in [2.45, 2.75) is 13.0 Å². The summed E-state index contributed by atoms with van der Waals surface area (Å²) in [7, 11) is 1.71. The summed E-state index contributed by atoms with van der Waals surface area (Å²) in [6, 6.07) is 12.6. The summed E-state index contributed by atoms with van der Waals surface area (Å²) < 4.78 is 18.8. The number of piperazine rings is 1. The quantitative estimate of drug-likeness (QED) is 0.768. The van der Waals surface area contributed by atoms with Crippen molar-refractivity contribution in [2.75, 3.05) is 51.3 Å². The molecule has 2 aliphatic heterocycles. The molecule has 2 aliphatic rings. The number of benzene rings is 2. The molecule has 0 bridgehead atoms. The molecule has 2 aromatic carbocycles. The van der Waals surface area contributed by atoms with Gasteiger partial charge in [-0.15, -0.1) is 0 Å². The van der Waals surface area contributed by atoms with Crippen LogP contribution in [0, 0.1) is 5.82 Å². The van der Waals surface area contributed by atoms with Gasteiger partial charge in [0.25, 0.3) is 5.91 Å².